The summed E-state index contributed by atoms with van der Waals surface area (Å²) in [4.78, 5) is 29.3. The zero-order valence-corrected chi connectivity index (χ0v) is 21.8. The number of fused-ring (bicyclic) bond motifs is 1. The summed E-state index contributed by atoms with van der Waals surface area (Å²) in [7, 11) is 0. The number of aliphatic hydroxyl groups is 2. The van der Waals surface area contributed by atoms with E-state index in [-0.39, 0.29) is 42.7 Å². The van der Waals surface area contributed by atoms with E-state index < -0.39 is 6.29 Å². The molecule has 2 N–H and O–H groups in total. The second-order valence-corrected chi connectivity index (χ2v) is 10.6. The Labute approximate surface area is 227 Å². The summed E-state index contributed by atoms with van der Waals surface area (Å²) in [5, 5.41) is 19.5. The lowest BCUT2D eigenvalue weighted by atomic mass is 9.90. The van der Waals surface area contributed by atoms with Crippen LogP contribution in [-0.4, -0.2) is 58.8 Å². The minimum atomic E-state index is -0.655. The van der Waals surface area contributed by atoms with Gasteiger partial charge in [0.1, 0.15) is 0 Å². The third-order valence-corrected chi connectivity index (χ3v) is 8.03. The minimum Gasteiger partial charge on any atom is -0.392 e. The fourth-order valence-corrected chi connectivity index (χ4v) is 5.76. The maximum atomic E-state index is 12.9. The van der Waals surface area contributed by atoms with Crippen molar-refractivity contribution in [3.05, 3.63) is 101 Å². The fourth-order valence-electron chi connectivity index (χ4n) is 5.76. The summed E-state index contributed by atoms with van der Waals surface area (Å²) in [6.45, 7) is 4.22. The standard InChI is InChI=1S/C31H32N2O6/c1-19-27(17-32-15-14-24(35)16-32)38-31(39-28(19)21-8-6-20(18-34)7-9-21)22-10-12-23(13-11-22)33-29(36)25-4-2-3-5-26(25)30(33)37/h2-13,19,24,27-28,31,34-35H,14-18H2,1H3/t19-,24-,27+,28+,31+/m0/s1. The van der Waals surface area contributed by atoms with Crippen LogP contribution in [0, 0.1) is 5.92 Å². The van der Waals surface area contributed by atoms with Crippen LogP contribution in [0.15, 0.2) is 72.8 Å². The van der Waals surface area contributed by atoms with Crippen molar-refractivity contribution < 1.29 is 29.3 Å². The molecule has 5 atom stereocenters. The molecule has 2 amide bonds. The first-order chi connectivity index (χ1) is 18.9. The number of likely N-dealkylation sites (tertiary alicyclic amines) is 1. The molecule has 202 valence electrons. The van der Waals surface area contributed by atoms with Crippen LogP contribution in [-0.2, 0) is 16.1 Å². The summed E-state index contributed by atoms with van der Waals surface area (Å²) in [6, 6.07) is 21.8. The molecule has 2 fully saturated rings. The zero-order valence-electron chi connectivity index (χ0n) is 21.8. The molecule has 3 heterocycles. The van der Waals surface area contributed by atoms with Gasteiger partial charge in [-0.15, -0.1) is 0 Å². The lowest BCUT2D eigenvalue weighted by molar-refractivity contribution is -0.276. The van der Waals surface area contributed by atoms with Gasteiger partial charge in [-0.25, -0.2) is 4.90 Å². The molecular formula is C31H32N2O6. The highest BCUT2D eigenvalue weighted by Crippen LogP contribution is 2.42. The highest BCUT2D eigenvalue weighted by Gasteiger charge is 2.40. The van der Waals surface area contributed by atoms with Gasteiger partial charge in [0.2, 0.25) is 0 Å². The number of rotatable bonds is 6. The van der Waals surface area contributed by atoms with Crippen molar-refractivity contribution in [2.24, 2.45) is 5.92 Å². The molecule has 3 aliphatic rings. The van der Waals surface area contributed by atoms with Crippen LogP contribution in [0.4, 0.5) is 5.69 Å². The van der Waals surface area contributed by atoms with Crippen molar-refractivity contribution in [2.75, 3.05) is 24.5 Å². The van der Waals surface area contributed by atoms with Gasteiger partial charge in [-0.2, -0.15) is 0 Å². The number of benzene rings is 3. The summed E-state index contributed by atoms with van der Waals surface area (Å²) in [6.07, 6.45) is -0.603. The predicted octanol–water partition coefficient (Wildman–Crippen LogP) is 3.84. The minimum absolute atomic E-state index is 0.0214. The number of anilines is 1. The topological polar surface area (TPSA) is 99.5 Å². The van der Waals surface area contributed by atoms with Gasteiger partial charge in [0.15, 0.2) is 6.29 Å². The van der Waals surface area contributed by atoms with Crippen LogP contribution >= 0.6 is 0 Å². The second kappa shape index (κ2) is 10.6. The van der Waals surface area contributed by atoms with Crippen LogP contribution in [0.2, 0.25) is 0 Å². The summed E-state index contributed by atoms with van der Waals surface area (Å²) >= 11 is 0. The Morgan fingerprint density at radius 1 is 0.872 bits per heavy atom. The van der Waals surface area contributed by atoms with Crippen molar-refractivity contribution in [1.82, 2.24) is 4.90 Å². The van der Waals surface area contributed by atoms with Crippen LogP contribution in [0.1, 0.15) is 63.1 Å². The molecule has 3 aromatic carbocycles. The molecule has 2 saturated heterocycles. The van der Waals surface area contributed by atoms with Crippen LogP contribution < -0.4 is 4.90 Å². The third-order valence-electron chi connectivity index (χ3n) is 8.03. The maximum absolute atomic E-state index is 12.9. The van der Waals surface area contributed by atoms with Crippen LogP contribution in [0.3, 0.4) is 0 Å². The third kappa shape index (κ3) is 4.90. The monoisotopic (exact) mass is 528 g/mol. The fraction of sp³-hybridized carbons (Fsp3) is 0.355. The largest absolute Gasteiger partial charge is 0.392 e. The number of carbonyl (C=O) groups is 2. The summed E-state index contributed by atoms with van der Waals surface area (Å²) in [5.41, 5.74) is 3.93. The molecule has 0 bridgehead atoms. The number of nitrogens with zero attached hydrogens (tertiary/aromatic N) is 2. The van der Waals surface area contributed by atoms with Crippen molar-refractivity contribution in [1.29, 1.82) is 0 Å². The highest BCUT2D eigenvalue weighted by molar-refractivity contribution is 6.34. The maximum Gasteiger partial charge on any atom is 0.266 e. The van der Waals surface area contributed by atoms with E-state index in [9.17, 15) is 19.8 Å². The van der Waals surface area contributed by atoms with E-state index in [1.54, 1.807) is 36.4 Å². The normalized spacial score (nSPS) is 27.3. The summed E-state index contributed by atoms with van der Waals surface area (Å²) < 4.78 is 13.0. The number of ether oxygens (including phenoxy) is 2. The molecule has 0 spiro atoms. The van der Waals surface area contributed by atoms with E-state index in [1.807, 2.05) is 36.4 Å². The van der Waals surface area contributed by atoms with Gasteiger partial charge >= 0.3 is 0 Å². The molecule has 6 rings (SSSR count). The molecule has 39 heavy (non-hydrogen) atoms. The highest BCUT2D eigenvalue weighted by atomic mass is 16.7. The van der Waals surface area contributed by atoms with Gasteiger partial charge in [-0.3, -0.25) is 14.5 Å². The summed E-state index contributed by atoms with van der Waals surface area (Å²) in [5.74, 6) is -0.625. The van der Waals surface area contributed by atoms with Gasteiger partial charge in [0.05, 0.1) is 41.7 Å². The first-order valence-corrected chi connectivity index (χ1v) is 13.4. The number of hydrogen-bond donors (Lipinski definition) is 2. The lowest BCUT2D eigenvalue weighted by Crippen LogP contribution is -2.44. The molecule has 0 radical (unpaired) electrons. The van der Waals surface area contributed by atoms with Gasteiger partial charge in [0.25, 0.3) is 11.8 Å². The molecule has 0 saturated carbocycles. The van der Waals surface area contributed by atoms with Gasteiger partial charge < -0.3 is 19.7 Å². The Bertz CT molecular complexity index is 1320. The van der Waals surface area contributed by atoms with Crippen molar-refractivity contribution in [2.45, 2.75) is 44.6 Å². The number of aliphatic hydroxyl groups excluding tert-OH is 2. The Balaban J connectivity index is 1.26. The van der Waals surface area contributed by atoms with E-state index in [0.29, 0.717) is 29.9 Å². The zero-order chi connectivity index (χ0) is 27.1. The van der Waals surface area contributed by atoms with Crippen molar-refractivity contribution in [3.8, 4) is 0 Å². The van der Waals surface area contributed by atoms with Crippen LogP contribution in [0.5, 0.6) is 0 Å². The molecule has 8 nitrogen and oxygen atoms in total. The molecule has 0 unspecified atom stereocenters. The second-order valence-electron chi connectivity index (χ2n) is 10.6. The first kappa shape index (κ1) is 25.9. The Kier molecular flexibility index (Phi) is 7.05. The average Bonchev–Trinajstić information content (AvgIpc) is 3.49. The molecular weight excluding hydrogens is 496 g/mol. The first-order valence-electron chi connectivity index (χ1n) is 13.4. The van der Waals surface area contributed by atoms with Gasteiger partial charge in [-0.05, 0) is 41.8 Å². The van der Waals surface area contributed by atoms with E-state index in [0.717, 1.165) is 29.7 Å². The van der Waals surface area contributed by atoms with Gasteiger partial charge in [-0.1, -0.05) is 55.5 Å². The molecule has 3 aromatic rings. The lowest BCUT2D eigenvalue weighted by Gasteiger charge is -2.42. The number of carbonyl (C=O) groups excluding carboxylic acids is 2. The number of imide groups is 1. The van der Waals surface area contributed by atoms with E-state index >= 15 is 0 Å². The van der Waals surface area contributed by atoms with E-state index in [4.69, 9.17) is 9.47 Å². The van der Waals surface area contributed by atoms with E-state index in [1.165, 1.54) is 4.90 Å². The van der Waals surface area contributed by atoms with E-state index in [2.05, 4.69) is 11.8 Å². The molecule has 3 aliphatic heterocycles. The molecule has 8 heteroatoms. The number of hydrogen-bond acceptors (Lipinski definition) is 7. The molecule has 0 aliphatic carbocycles. The average molecular weight is 529 g/mol. The SMILES string of the molecule is C[C@H]1[C@@H](CN2CC[C@H](O)C2)O[C@@H](c2ccc(N3C(=O)c4ccccc4C3=O)cc2)O[C@H]1c1ccc(CO)cc1. The Hall–Kier alpha value is -3.40. The van der Waals surface area contributed by atoms with Gasteiger partial charge in [0, 0.05) is 31.1 Å². The van der Waals surface area contributed by atoms with Crippen molar-refractivity contribution >= 4 is 17.5 Å². The van der Waals surface area contributed by atoms with Crippen molar-refractivity contribution in [3.63, 3.8) is 0 Å². The quantitative estimate of drug-likeness (QED) is 0.469. The number of amides is 2. The number of β-amino-alcohol motifs (C(OH)–C–C–N with tert-alkyl or cyclic N) is 1. The smallest absolute Gasteiger partial charge is 0.266 e. The van der Waals surface area contributed by atoms with Crippen LogP contribution in [0.25, 0.3) is 0 Å². The Morgan fingerprint density at radius 3 is 2.10 bits per heavy atom. The molecule has 0 aromatic heterocycles. The Morgan fingerprint density at radius 2 is 1.51 bits per heavy atom. The predicted molar refractivity (Wildman–Crippen MR) is 144 cm³/mol.